The van der Waals surface area contributed by atoms with E-state index in [2.05, 4.69) is 5.32 Å². The Morgan fingerprint density at radius 3 is 2.75 bits per heavy atom. The van der Waals surface area contributed by atoms with Crippen LogP contribution in [0.4, 0.5) is 20.3 Å². The standard InChI is InChI=1S/C19H25FN2O5Si/c1-11-16(28(2,3)20)15(6-8-23)27-19(11)13-10-12(22-7-9-26-18(22)25)4-5-14(13)21-17(19)24/h4-5,10-11,15-16,23H,6-9H2,1-3H3,(H,21,24)/t11-,15+,16-,19+/m1/s1. The van der Waals surface area contributed by atoms with Crippen molar-refractivity contribution in [3.05, 3.63) is 23.8 Å². The number of ether oxygens (including phenoxy) is 2. The molecule has 0 aliphatic carbocycles. The first-order chi connectivity index (χ1) is 13.2. The summed E-state index contributed by atoms with van der Waals surface area (Å²) >= 11 is 0. The smallest absolute Gasteiger partial charge is 0.414 e. The van der Waals surface area contributed by atoms with Crippen LogP contribution < -0.4 is 10.2 Å². The zero-order valence-electron chi connectivity index (χ0n) is 16.2. The topological polar surface area (TPSA) is 88.1 Å². The van der Waals surface area contributed by atoms with Gasteiger partial charge in [0.05, 0.1) is 12.6 Å². The lowest BCUT2D eigenvalue weighted by Crippen LogP contribution is -2.42. The van der Waals surface area contributed by atoms with Crippen molar-refractivity contribution in [2.24, 2.45) is 5.92 Å². The summed E-state index contributed by atoms with van der Waals surface area (Å²) in [5, 5.41) is 12.3. The summed E-state index contributed by atoms with van der Waals surface area (Å²) in [4.78, 5) is 26.5. The molecule has 2 fully saturated rings. The maximum absolute atomic E-state index is 15.2. The number of hydrogen-bond donors (Lipinski definition) is 2. The van der Waals surface area contributed by atoms with Gasteiger partial charge in [0.2, 0.25) is 8.41 Å². The number of aliphatic hydroxyl groups is 1. The van der Waals surface area contributed by atoms with Gasteiger partial charge in [-0.25, -0.2) is 4.79 Å². The predicted molar refractivity (Wildman–Crippen MR) is 104 cm³/mol. The average Bonchev–Trinajstić information content (AvgIpc) is 3.24. The maximum atomic E-state index is 15.2. The molecule has 3 heterocycles. The van der Waals surface area contributed by atoms with Crippen molar-refractivity contribution in [2.75, 3.05) is 30.0 Å². The first-order valence-electron chi connectivity index (χ1n) is 9.58. The number of nitrogens with one attached hydrogen (secondary N) is 1. The Morgan fingerprint density at radius 2 is 2.14 bits per heavy atom. The van der Waals surface area contributed by atoms with Gasteiger partial charge < -0.3 is 24.0 Å². The molecule has 1 spiro atoms. The molecule has 0 aromatic heterocycles. The second-order valence-electron chi connectivity index (χ2n) is 8.23. The summed E-state index contributed by atoms with van der Waals surface area (Å²) < 4.78 is 26.5. The molecule has 3 aliphatic heterocycles. The molecule has 2 N–H and O–H groups in total. The normalized spacial score (nSPS) is 32.0. The van der Waals surface area contributed by atoms with Crippen LogP contribution in [0.15, 0.2) is 18.2 Å². The van der Waals surface area contributed by atoms with E-state index in [1.165, 1.54) is 4.90 Å². The summed E-state index contributed by atoms with van der Waals surface area (Å²) in [7, 11) is -3.18. The Morgan fingerprint density at radius 1 is 1.39 bits per heavy atom. The molecular formula is C19H25FN2O5Si. The number of benzene rings is 1. The molecular weight excluding hydrogens is 383 g/mol. The molecule has 2 amide bonds. The van der Waals surface area contributed by atoms with Crippen LogP contribution in [0, 0.1) is 5.92 Å². The zero-order valence-corrected chi connectivity index (χ0v) is 17.2. The van der Waals surface area contributed by atoms with Gasteiger partial charge in [-0.15, -0.1) is 0 Å². The maximum Gasteiger partial charge on any atom is 0.414 e. The lowest BCUT2D eigenvalue weighted by Gasteiger charge is -2.30. The monoisotopic (exact) mass is 408 g/mol. The Bertz CT molecular complexity index is 829. The van der Waals surface area contributed by atoms with E-state index in [9.17, 15) is 14.7 Å². The number of carbonyl (C=O) groups is 2. The third kappa shape index (κ3) is 2.67. The van der Waals surface area contributed by atoms with Crippen molar-refractivity contribution in [3.8, 4) is 0 Å². The van der Waals surface area contributed by atoms with Crippen molar-refractivity contribution in [2.45, 2.75) is 43.7 Å². The fourth-order valence-electron chi connectivity index (χ4n) is 5.05. The number of fused-ring (bicyclic) bond motifs is 2. The Labute approximate surface area is 164 Å². The van der Waals surface area contributed by atoms with Crippen LogP contribution >= 0.6 is 0 Å². The second kappa shape index (κ2) is 6.53. The zero-order chi connectivity index (χ0) is 20.3. The van der Waals surface area contributed by atoms with Crippen molar-refractivity contribution < 1.29 is 28.3 Å². The minimum atomic E-state index is -3.18. The van der Waals surface area contributed by atoms with Crippen LogP contribution in [0.5, 0.6) is 0 Å². The van der Waals surface area contributed by atoms with E-state index in [0.29, 0.717) is 30.1 Å². The molecule has 0 radical (unpaired) electrons. The quantitative estimate of drug-likeness (QED) is 0.591. The largest absolute Gasteiger partial charge is 0.447 e. The van der Waals surface area contributed by atoms with Gasteiger partial charge in [-0.2, -0.15) is 0 Å². The highest BCUT2D eigenvalue weighted by molar-refractivity contribution is 6.72. The minimum absolute atomic E-state index is 0.136. The number of hydrogen-bond acceptors (Lipinski definition) is 5. The van der Waals surface area contributed by atoms with E-state index in [1.54, 1.807) is 31.3 Å². The SMILES string of the molecule is C[C@@H]1[C@@H]([Si](C)(C)F)[C@H](CCO)O[C@@]12C(=O)Nc1ccc(N3CCOC3=O)cc12. The summed E-state index contributed by atoms with van der Waals surface area (Å²) in [6.45, 7) is 5.69. The number of anilines is 2. The van der Waals surface area contributed by atoms with Crippen molar-refractivity contribution in [3.63, 3.8) is 0 Å². The van der Waals surface area contributed by atoms with Crippen LogP contribution in [0.1, 0.15) is 18.9 Å². The van der Waals surface area contributed by atoms with Crippen LogP contribution in [-0.2, 0) is 19.9 Å². The van der Waals surface area contributed by atoms with Crippen molar-refractivity contribution in [1.29, 1.82) is 0 Å². The third-order valence-electron chi connectivity index (χ3n) is 6.19. The molecule has 1 aromatic carbocycles. The van der Waals surface area contributed by atoms with Gasteiger partial charge in [0.15, 0.2) is 5.60 Å². The number of halogens is 1. The summed E-state index contributed by atoms with van der Waals surface area (Å²) in [6.07, 6.45) is -0.693. The van der Waals surface area contributed by atoms with Gasteiger partial charge in [0.25, 0.3) is 5.91 Å². The summed E-state index contributed by atoms with van der Waals surface area (Å²) in [5.41, 5.74) is 0.0833. The lowest BCUT2D eigenvalue weighted by atomic mass is 9.82. The Kier molecular flexibility index (Phi) is 4.51. The lowest BCUT2D eigenvalue weighted by molar-refractivity contribution is -0.143. The van der Waals surface area contributed by atoms with Crippen LogP contribution in [0.3, 0.4) is 0 Å². The first kappa shape index (κ1) is 19.3. The summed E-state index contributed by atoms with van der Waals surface area (Å²) in [5.74, 6) is -0.724. The van der Waals surface area contributed by atoms with Crippen molar-refractivity contribution in [1.82, 2.24) is 0 Å². The molecule has 28 heavy (non-hydrogen) atoms. The molecule has 7 nitrogen and oxygen atoms in total. The van der Waals surface area contributed by atoms with E-state index in [4.69, 9.17) is 9.47 Å². The van der Waals surface area contributed by atoms with Gasteiger partial charge in [-0.1, -0.05) is 6.92 Å². The molecule has 4 atom stereocenters. The molecule has 0 bridgehead atoms. The fourth-order valence-corrected chi connectivity index (χ4v) is 7.59. The van der Waals surface area contributed by atoms with E-state index in [0.717, 1.165) is 0 Å². The molecule has 0 saturated carbocycles. The summed E-state index contributed by atoms with van der Waals surface area (Å²) in [6, 6.07) is 5.26. The van der Waals surface area contributed by atoms with Gasteiger partial charge in [-0.3, -0.25) is 9.69 Å². The average molecular weight is 409 g/mol. The van der Waals surface area contributed by atoms with Crippen LogP contribution in [0.25, 0.3) is 0 Å². The van der Waals surface area contributed by atoms with E-state index < -0.39 is 37.7 Å². The number of carbonyl (C=O) groups excluding carboxylic acids is 2. The molecule has 9 heteroatoms. The number of rotatable bonds is 4. The molecule has 152 valence electrons. The molecule has 3 aliphatic rings. The fraction of sp³-hybridized carbons (Fsp3) is 0.579. The number of nitrogens with zero attached hydrogens (tertiary/aromatic N) is 1. The highest BCUT2D eigenvalue weighted by atomic mass is 28.4. The molecule has 2 saturated heterocycles. The van der Waals surface area contributed by atoms with E-state index in [-0.39, 0.29) is 18.9 Å². The predicted octanol–water partition coefficient (Wildman–Crippen LogP) is 2.75. The highest BCUT2D eigenvalue weighted by Gasteiger charge is 2.65. The number of amides is 2. The molecule has 1 aromatic rings. The molecule has 4 rings (SSSR count). The van der Waals surface area contributed by atoms with Gasteiger partial charge in [0, 0.05) is 35.0 Å². The van der Waals surface area contributed by atoms with E-state index in [1.807, 2.05) is 6.92 Å². The second-order valence-corrected chi connectivity index (χ2v) is 12.0. The van der Waals surface area contributed by atoms with Gasteiger partial charge in [0.1, 0.15) is 6.61 Å². The third-order valence-corrected chi connectivity index (χ3v) is 8.64. The van der Waals surface area contributed by atoms with Crippen molar-refractivity contribution >= 4 is 31.8 Å². The van der Waals surface area contributed by atoms with Gasteiger partial charge in [-0.05, 0) is 37.7 Å². The Hall–Kier alpha value is -1.97. The van der Waals surface area contributed by atoms with Crippen LogP contribution in [0.2, 0.25) is 18.6 Å². The van der Waals surface area contributed by atoms with Gasteiger partial charge >= 0.3 is 6.09 Å². The highest BCUT2D eigenvalue weighted by Crippen LogP contribution is 2.59. The number of cyclic esters (lactones) is 1. The minimum Gasteiger partial charge on any atom is -0.447 e. The molecule has 0 unspecified atom stereocenters. The number of aliphatic hydroxyl groups excluding tert-OH is 1. The Balaban J connectivity index is 1.80. The van der Waals surface area contributed by atoms with E-state index >= 15 is 4.11 Å². The first-order valence-corrected chi connectivity index (χ1v) is 12.5. The van der Waals surface area contributed by atoms with Crippen LogP contribution in [-0.4, -0.2) is 51.4 Å².